The Morgan fingerprint density at radius 1 is 1.35 bits per heavy atom. The highest BCUT2D eigenvalue weighted by atomic mass is 16.4. The van der Waals surface area contributed by atoms with Gasteiger partial charge in [-0.3, -0.25) is 4.79 Å². The smallest absolute Gasteiger partial charge is 0.326 e. The van der Waals surface area contributed by atoms with E-state index in [1.165, 1.54) is 4.90 Å². The summed E-state index contributed by atoms with van der Waals surface area (Å²) < 4.78 is 0. The maximum Gasteiger partial charge on any atom is 0.326 e. The van der Waals surface area contributed by atoms with Crippen LogP contribution in [0.1, 0.15) is 37.8 Å². The first-order valence-corrected chi connectivity index (χ1v) is 7.12. The predicted octanol–water partition coefficient (Wildman–Crippen LogP) is 2.46. The van der Waals surface area contributed by atoms with Gasteiger partial charge in [0.2, 0.25) is 5.91 Å². The number of carbonyl (C=O) groups excluding carboxylic acids is 1. The van der Waals surface area contributed by atoms with E-state index in [0.717, 1.165) is 17.5 Å². The molecule has 1 aromatic rings. The minimum atomic E-state index is -0.919. The van der Waals surface area contributed by atoms with Crippen LogP contribution in [0, 0.1) is 5.92 Å². The summed E-state index contributed by atoms with van der Waals surface area (Å²) in [6, 6.07) is 7.02. The van der Waals surface area contributed by atoms with Gasteiger partial charge >= 0.3 is 5.97 Å². The van der Waals surface area contributed by atoms with Crippen LogP contribution in [0.5, 0.6) is 0 Å². The van der Waals surface area contributed by atoms with Gasteiger partial charge in [-0.2, -0.15) is 0 Å². The average Bonchev–Trinajstić information content (AvgIpc) is 2.45. The molecular weight excluding hydrogens is 254 g/mol. The molecule has 0 spiro atoms. The minimum Gasteiger partial charge on any atom is -0.480 e. The number of hydrogen-bond donors (Lipinski definition) is 1. The van der Waals surface area contributed by atoms with E-state index in [-0.39, 0.29) is 11.8 Å². The lowest BCUT2D eigenvalue weighted by Crippen LogP contribution is -2.48. The Labute approximate surface area is 119 Å². The molecule has 2 atom stereocenters. The van der Waals surface area contributed by atoms with Gasteiger partial charge in [-0.05, 0) is 17.0 Å². The zero-order valence-electron chi connectivity index (χ0n) is 12.0. The molecule has 1 unspecified atom stereocenters. The van der Waals surface area contributed by atoms with Gasteiger partial charge in [-0.25, -0.2) is 4.79 Å². The van der Waals surface area contributed by atoms with Crippen LogP contribution in [-0.4, -0.2) is 27.9 Å². The highest BCUT2D eigenvalue weighted by Crippen LogP contribution is 2.25. The van der Waals surface area contributed by atoms with Crippen molar-refractivity contribution < 1.29 is 14.7 Å². The second kappa shape index (κ2) is 6.07. The van der Waals surface area contributed by atoms with Crippen LogP contribution in [0.15, 0.2) is 24.3 Å². The van der Waals surface area contributed by atoms with Crippen LogP contribution in [-0.2, 0) is 22.6 Å². The number of fused-ring (bicyclic) bond motifs is 1. The number of carboxylic acid groups (broad SMARTS) is 1. The molecular formula is C16H21NO3. The highest BCUT2D eigenvalue weighted by molar-refractivity contribution is 5.84. The Morgan fingerprint density at radius 2 is 2.00 bits per heavy atom. The molecule has 2 rings (SSSR count). The summed E-state index contributed by atoms with van der Waals surface area (Å²) in [5, 5.41) is 9.38. The van der Waals surface area contributed by atoms with Crippen LogP contribution in [0.4, 0.5) is 0 Å². The summed E-state index contributed by atoms with van der Waals surface area (Å²) in [4.78, 5) is 25.3. The van der Waals surface area contributed by atoms with Crippen molar-refractivity contribution in [3.05, 3.63) is 35.4 Å². The summed E-state index contributed by atoms with van der Waals surface area (Å²) >= 11 is 0. The third-order valence-electron chi connectivity index (χ3n) is 4.07. The molecule has 1 aliphatic heterocycles. The van der Waals surface area contributed by atoms with Crippen molar-refractivity contribution in [2.75, 3.05) is 0 Å². The summed E-state index contributed by atoms with van der Waals surface area (Å²) in [6.07, 6.45) is 1.74. The maximum atomic E-state index is 12.4. The normalized spacial score (nSPS) is 19.3. The molecule has 1 N–H and O–H groups in total. The molecule has 0 aromatic heterocycles. The van der Waals surface area contributed by atoms with Crippen molar-refractivity contribution >= 4 is 11.9 Å². The Balaban J connectivity index is 2.22. The first-order valence-electron chi connectivity index (χ1n) is 7.12. The zero-order valence-corrected chi connectivity index (χ0v) is 12.0. The number of nitrogens with zero attached hydrogens (tertiary/aromatic N) is 1. The molecule has 108 valence electrons. The van der Waals surface area contributed by atoms with Crippen LogP contribution < -0.4 is 0 Å². The van der Waals surface area contributed by atoms with Crippen LogP contribution in [0.25, 0.3) is 0 Å². The van der Waals surface area contributed by atoms with E-state index in [1.807, 2.05) is 38.1 Å². The second-order valence-electron chi connectivity index (χ2n) is 5.57. The van der Waals surface area contributed by atoms with Crippen molar-refractivity contribution in [2.24, 2.45) is 5.92 Å². The van der Waals surface area contributed by atoms with E-state index in [9.17, 15) is 14.7 Å². The predicted molar refractivity (Wildman–Crippen MR) is 76.2 cm³/mol. The zero-order chi connectivity index (χ0) is 14.7. The Bertz CT molecular complexity index is 512. The molecule has 0 fully saturated rings. The highest BCUT2D eigenvalue weighted by Gasteiger charge is 2.34. The molecule has 4 heteroatoms. The van der Waals surface area contributed by atoms with Gasteiger partial charge < -0.3 is 10.0 Å². The molecule has 0 radical (unpaired) electrons. The van der Waals surface area contributed by atoms with Gasteiger partial charge in [0, 0.05) is 19.4 Å². The van der Waals surface area contributed by atoms with Gasteiger partial charge in [0.25, 0.3) is 0 Å². The fraction of sp³-hybridized carbons (Fsp3) is 0.500. The minimum absolute atomic E-state index is 0.0544. The first-order chi connectivity index (χ1) is 9.52. The molecule has 0 aliphatic carbocycles. The average molecular weight is 275 g/mol. The Morgan fingerprint density at radius 3 is 2.60 bits per heavy atom. The molecule has 0 saturated carbocycles. The van der Waals surface area contributed by atoms with E-state index in [1.54, 1.807) is 0 Å². The SMILES string of the molecule is CCC(C)CC(=O)N1Cc2ccccc2C[C@H]1C(=O)O. The van der Waals surface area contributed by atoms with Crippen LogP contribution >= 0.6 is 0 Å². The lowest BCUT2D eigenvalue weighted by atomic mass is 9.93. The monoisotopic (exact) mass is 275 g/mol. The number of amides is 1. The molecule has 1 heterocycles. The number of benzene rings is 1. The second-order valence-corrected chi connectivity index (χ2v) is 5.57. The van der Waals surface area contributed by atoms with Crippen LogP contribution in [0.3, 0.4) is 0 Å². The standard InChI is InChI=1S/C16H21NO3/c1-3-11(2)8-15(18)17-10-13-7-5-4-6-12(13)9-14(17)16(19)20/h4-7,11,14H,3,8-10H2,1-2H3,(H,19,20)/t11?,14-/m0/s1. The molecule has 4 nitrogen and oxygen atoms in total. The van der Waals surface area contributed by atoms with Crippen molar-refractivity contribution in [2.45, 2.75) is 45.7 Å². The Kier molecular flexibility index (Phi) is 4.42. The lowest BCUT2D eigenvalue weighted by Gasteiger charge is -2.35. The summed E-state index contributed by atoms with van der Waals surface area (Å²) in [6.45, 7) is 4.46. The van der Waals surface area contributed by atoms with E-state index in [4.69, 9.17) is 0 Å². The number of rotatable bonds is 4. The van der Waals surface area contributed by atoms with Crippen molar-refractivity contribution in [1.82, 2.24) is 4.90 Å². The molecule has 0 saturated heterocycles. The van der Waals surface area contributed by atoms with E-state index in [0.29, 0.717) is 19.4 Å². The van der Waals surface area contributed by atoms with Gasteiger partial charge in [0.1, 0.15) is 6.04 Å². The van der Waals surface area contributed by atoms with Crippen molar-refractivity contribution in [1.29, 1.82) is 0 Å². The molecule has 0 bridgehead atoms. The quantitative estimate of drug-likeness (QED) is 0.918. The van der Waals surface area contributed by atoms with Gasteiger partial charge in [-0.15, -0.1) is 0 Å². The third kappa shape index (κ3) is 3.00. The molecule has 1 aliphatic rings. The topological polar surface area (TPSA) is 57.6 Å². The Hall–Kier alpha value is -1.84. The van der Waals surface area contributed by atoms with E-state index < -0.39 is 12.0 Å². The summed E-state index contributed by atoms with van der Waals surface area (Å²) in [5.41, 5.74) is 2.09. The largest absolute Gasteiger partial charge is 0.480 e. The van der Waals surface area contributed by atoms with Gasteiger partial charge in [-0.1, -0.05) is 44.5 Å². The van der Waals surface area contributed by atoms with Gasteiger partial charge in [0.15, 0.2) is 0 Å². The van der Waals surface area contributed by atoms with Gasteiger partial charge in [0.05, 0.1) is 0 Å². The molecule has 20 heavy (non-hydrogen) atoms. The third-order valence-corrected chi connectivity index (χ3v) is 4.07. The van der Waals surface area contributed by atoms with Crippen molar-refractivity contribution in [3.8, 4) is 0 Å². The summed E-state index contributed by atoms with van der Waals surface area (Å²) in [5.74, 6) is -0.688. The number of aliphatic carboxylic acids is 1. The van der Waals surface area contributed by atoms with E-state index in [2.05, 4.69) is 0 Å². The number of carboxylic acids is 1. The fourth-order valence-electron chi connectivity index (χ4n) is 2.57. The lowest BCUT2D eigenvalue weighted by molar-refractivity contribution is -0.151. The maximum absolute atomic E-state index is 12.4. The molecule has 1 amide bonds. The number of carbonyl (C=O) groups is 2. The fourth-order valence-corrected chi connectivity index (χ4v) is 2.57. The summed E-state index contributed by atoms with van der Waals surface area (Å²) in [7, 11) is 0. The molecule has 1 aromatic carbocycles. The first kappa shape index (κ1) is 14.6. The number of hydrogen-bond acceptors (Lipinski definition) is 2. The van der Waals surface area contributed by atoms with Crippen molar-refractivity contribution in [3.63, 3.8) is 0 Å². The van der Waals surface area contributed by atoms with Crippen LogP contribution in [0.2, 0.25) is 0 Å². The van der Waals surface area contributed by atoms with E-state index >= 15 is 0 Å².